The van der Waals surface area contributed by atoms with Gasteiger partial charge in [0.1, 0.15) is 7.59 Å². The van der Waals surface area contributed by atoms with E-state index in [1.807, 2.05) is 0 Å². The first-order chi connectivity index (χ1) is 15.4. The maximum absolute atomic E-state index is 6.74. The van der Waals surface area contributed by atoms with Crippen molar-refractivity contribution in [2.45, 2.75) is 116 Å². The zero-order chi connectivity index (χ0) is 26.1. The van der Waals surface area contributed by atoms with Gasteiger partial charge >= 0.3 is 0 Å². The van der Waals surface area contributed by atoms with Crippen molar-refractivity contribution in [2.75, 3.05) is 0 Å². The SMILES string of the molecule is C=C[Si]1(C=C)CCC(C)(C)O[Si]1(C)C.Cc1ccccc1CCC1(C)CC[Si](C)(C)[Si](C)(C)O1. The van der Waals surface area contributed by atoms with Crippen molar-refractivity contribution in [2.24, 2.45) is 0 Å². The van der Waals surface area contributed by atoms with Gasteiger partial charge in [-0.25, -0.2) is 0 Å². The Morgan fingerprint density at radius 3 is 1.94 bits per heavy atom. The second-order valence-corrected chi connectivity index (χ2v) is 41.4. The van der Waals surface area contributed by atoms with Crippen LogP contribution in [0.15, 0.2) is 48.8 Å². The highest BCUT2D eigenvalue weighted by molar-refractivity contribution is 7.43. The molecule has 34 heavy (non-hydrogen) atoms. The molecule has 2 aliphatic rings. The maximum Gasteiger partial charge on any atom is 0.184 e. The molecular weight excluding hydrogens is 481 g/mol. The lowest BCUT2D eigenvalue weighted by Gasteiger charge is -2.51. The van der Waals surface area contributed by atoms with Gasteiger partial charge in [-0.1, -0.05) is 54.8 Å². The predicted octanol–water partition coefficient (Wildman–Crippen LogP) is 8.47. The first kappa shape index (κ1) is 29.7. The summed E-state index contributed by atoms with van der Waals surface area (Å²) in [5, 5.41) is 0. The third-order valence-electron chi connectivity index (χ3n) is 9.12. The van der Waals surface area contributed by atoms with Gasteiger partial charge in [0, 0.05) is 0 Å². The van der Waals surface area contributed by atoms with Crippen LogP contribution in [0.25, 0.3) is 0 Å². The van der Waals surface area contributed by atoms with Crippen LogP contribution in [0.2, 0.25) is 51.4 Å². The van der Waals surface area contributed by atoms with E-state index < -0.39 is 30.9 Å². The molecule has 0 spiro atoms. The van der Waals surface area contributed by atoms with Crippen molar-refractivity contribution in [3.63, 3.8) is 0 Å². The van der Waals surface area contributed by atoms with E-state index in [0.717, 1.165) is 12.8 Å². The van der Waals surface area contributed by atoms with Gasteiger partial charge in [-0.2, -0.15) is 0 Å². The van der Waals surface area contributed by atoms with Crippen LogP contribution in [0.5, 0.6) is 0 Å². The van der Waals surface area contributed by atoms with Gasteiger partial charge in [0.2, 0.25) is 0 Å². The minimum absolute atomic E-state index is 0.0677. The van der Waals surface area contributed by atoms with E-state index in [-0.39, 0.29) is 11.2 Å². The topological polar surface area (TPSA) is 18.5 Å². The van der Waals surface area contributed by atoms with Crippen LogP contribution in [-0.4, -0.2) is 42.1 Å². The molecule has 3 rings (SSSR count). The zero-order valence-electron chi connectivity index (χ0n) is 23.9. The number of benzene rings is 1. The minimum Gasteiger partial charge on any atom is -0.415 e. The smallest absolute Gasteiger partial charge is 0.184 e. The lowest BCUT2D eigenvalue weighted by atomic mass is 9.93. The molecule has 6 heteroatoms. The van der Waals surface area contributed by atoms with Gasteiger partial charge in [-0.3, -0.25) is 0 Å². The van der Waals surface area contributed by atoms with Crippen molar-refractivity contribution in [3.05, 3.63) is 59.9 Å². The van der Waals surface area contributed by atoms with Gasteiger partial charge in [0.15, 0.2) is 15.7 Å². The van der Waals surface area contributed by atoms with E-state index in [4.69, 9.17) is 8.85 Å². The van der Waals surface area contributed by atoms with E-state index in [0.29, 0.717) is 0 Å². The summed E-state index contributed by atoms with van der Waals surface area (Å²) >= 11 is 0. The Morgan fingerprint density at radius 1 is 0.853 bits per heavy atom. The third kappa shape index (κ3) is 6.62. The largest absolute Gasteiger partial charge is 0.415 e. The van der Waals surface area contributed by atoms with Gasteiger partial charge in [0.05, 0.1) is 18.8 Å². The fourth-order valence-corrected chi connectivity index (χ4v) is 24.2. The Morgan fingerprint density at radius 2 is 1.44 bits per heavy atom. The molecule has 2 fully saturated rings. The van der Waals surface area contributed by atoms with Crippen molar-refractivity contribution in [3.8, 4) is 0 Å². The number of hydrogen-bond acceptors (Lipinski definition) is 2. The maximum atomic E-state index is 6.74. The monoisotopic (exact) mass is 532 g/mol. The summed E-state index contributed by atoms with van der Waals surface area (Å²) < 4.78 is 13.1. The lowest BCUT2D eigenvalue weighted by Crippen LogP contribution is -2.65. The molecule has 0 saturated carbocycles. The van der Waals surface area contributed by atoms with Crippen LogP contribution in [0, 0.1) is 6.92 Å². The summed E-state index contributed by atoms with van der Waals surface area (Å²) in [4.78, 5) is 0. The van der Waals surface area contributed by atoms with Crippen molar-refractivity contribution in [1.82, 2.24) is 0 Å². The van der Waals surface area contributed by atoms with Crippen LogP contribution in [0.3, 0.4) is 0 Å². The summed E-state index contributed by atoms with van der Waals surface area (Å²) in [7, 11) is -5.68. The zero-order valence-corrected chi connectivity index (χ0v) is 27.9. The molecule has 0 bridgehead atoms. The summed E-state index contributed by atoms with van der Waals surface area (Å²) in [6, 6.07) is 11.5. The molecule has 192 valence electrons. The van der Waals surface area contributed by atoms with Gasteiger partial charge < -0.3 is 8.85 Å². The summed E-state index contributed by atoms with van der Waals surface area (Å²) in [6.07, 6.45) is 4.72. The molecule has 0 radical (unpaired) electrons. The number of aryl methyl sites for hydroxylation is 2. The van der Waals surface area contributed by atoms with Gasteiger partial charge in [0.25, 0.3) is 0 Å². The molecule has 2 heterocycles. The lowest BCUT2D eigenvalue weighted by molar-refractivity contribution is 0.0638. The molecule has 1 aromatic rings. The molecular formula is C28H52O2Si4. The van der Waals surface area contributed by atoms with Crippen LogP contribution in [-0.2, 0) is 15.3 Å². The molecule has 0 aromatic heterocycles. The molecule has 2 aliphatic heterocycles. The minimum atomic E-state index is -1.60. The van der Waals surface area contributed by atoms with E-state index in [1.165, 1.54) is 36.1 Å². The van der Waals surface area contributed by atoms with E-state index in [1.54, 1.807) is 0 Å². The van der Waals surface area contributed by atoms with Crippen molar-refractivity contribution >= 4 is 30.9 Å². The average molecular weight is 533 g/mol. The second kappa shape index (κ2) is 10.5. The first-order valence-corrected chi connectivity index (χ1v) is 26.5. The molecule has 1 unspecified atom stereocenters. The van der Waals surface area contributed by atoms with Crippen LogP contribution < -0.4 is 0 Å². The molecule has 2 saturated heterocycles. The van der Waals surface area contributed by atoms with Crippen LogP contribution in [0.1, 0.15) is 51.2 Å². The first-order valence-electron chi connectivity index (χ1n) is 13.2. The fraction of sp³-hybridized carbons (Fsp3) is 0.643. The van der Waals surface area contributed by atoms with Crippen molar-refractivity contribution < 1.29 is 8.85 Å². The van der Waals surface area contributed by atoms with Crippen LogP contribution >= 0.6 is 0 Å². The summed E-state index contributed by atoms with van der Waals surface area (Å²) in [5.74, 6) is 0. The molecule has 0 N–H and O–H groups in total. The summed E-state index contributed by atoms with van der Waals surface area (Å²) in [5.41, 5.74) is 7.44. The summed E-state index contributed by atoms with van der Waals surface area (Å²) in [6.45, 7) is 31.6. The van der Waals surface area contributed by atoms with Gasteiger partial charge in [-0.15, -0.1) is 13.2 Å². The Balaban J connectivity index is 0.000000257. The average Bonchev–Trinajstić information content (AvgIpc) is 2.71. The second-order valence-electron chi connectivity index (χ2n) is 13.2. The molecule has 0 aliphatic carbocycles. The molecule has 0 amide bonds. The molecule has 1 aromatic carbocycles. The Labute approximate surface area is 215 Å². The highest BCUT2D eigenvalue weighted by Gasteiger charge is 2.53. The van der Waals surface area contributed by atoms with E-state index in [2.05, 4.69) is 116 Å². The standard InChI is InChI=1S/C17H30OSi2.C11H22OSi2/c1-15-9-7-8-10-16(15)11-12-17(2)13-14-19(3,4)20(5,6)18-17;1-7-14(8-2)10-9-11(3,4)12-13(14,5)6/h7-10H,11-14H2,1-6H3;7-8H,1-2,9-10H2,3-6H3. The molecule has 1 atom stereocenters. The van der Waals surface area contributed by atoms with Crippen molar-refractivity contribution in [1.29, 1.82) is 0 Å². The number of rotatable bonds is 5. The highest BCUT2D eigenvalue weighted by Crippen LogP contribution is 2.41. The fourth-order valence-electron chi connectivity index (χ4n) is 5.57. The van der Waals surface area contributed by atoms with Gasteiger partial charge in [-0.05, 0) is 96.7 Å². The molecule has 2 nitrogen and oxygen atoms in total. The Bertz CT molecular complexity index is 867. The predicted molar refractivity (Wildman–Crippen MR) is 162 cm³/mol. The highest BCUT2D eigenvalue weighted by atomic mass is 29.3. The van der Waals surface area contributed by atoms with Crippen LogP contribution in [0.4, 0.5) is 0 Å². The van der Waals surface area contributed by atoms with E-state index >= 15 is 0 Å². The normalized spacial score (nSPS) is 28.2. The van der Waals surface area contributed by atoms with E-state index in [9.17, 15) is 0 Å². The number of hydrogen-bond donors (Lipinski definition) is 0. The Hall–Kier alpha value is -0.512. The Kier molecular flexibility index (Phi) is 9.14. The quantitative estimate of drug-likeness (QED) is 0.354. The third-order valence-corrected chi connectivity index (χ3v) is 40.6.